The molecule has 1 aromatic rings. The van der Waals surface area contributed by atoms with Gasteiger partial charge in [0.25, 0.3) is 0 Å². The molecule has 0 radical (unpaired) electrons. The van der Waals surface area contributed by atoms with Crippen molar-refractivity contribution in [3.63, 3.8) is 0 Å². The molecule has 3 rings (SSSR count). The van der Waals surface area contributed by atoms with Crippen LogP contribution in [0, 0.1) is 5.92 Å². The van der Waals surface area contributed by atoms with E-state index in [1.165, 1.54) is 19.3 Å². The average molecular weight is 495 g/mol. The van der Waals surface area contributed by atoms with Crippen molar-refractivity contribution < 1.29 is 32.0 Å². The molecule has 7 nitrogen and oxygen atoms in total. The van der Waals surface area contributed by atoms with Crippen LogP contribution in [0.4, 0.5) is 0 Å². The fourth-order valence-corrected chi connectivity index (χ4v) is 3.90. The minimum atomic E-state index is -1.48. The lowest BCUT2D eigenvalue weighted by molar-refractivity contribution is -0.118. The van der Waals surface area contributed by atoms with Crippen LogP contribution in [-0.4, -0.2) is 42.6 Å². The minimum Gasteiger partial charge on any atom is -0.496 e. The van der Waals surface area contributed by atoms with E-state index in [0.717, 1.165) is 0 Å². The summed E-state index contributed by atoms with van der Waals surface area (Å²) in [5.74, 6) is -0.301. The fraction of sp³-hybridized carbons (Fsp3) is 0.412. The summed E-state index contributed by atoms with van der Waals surface area (Å²) in [6, 6.07) is 1.47. The monoisotopic (exact) mass is 494 g/mol. The Labute approximate surface area is 168 Å². The Morgan fingerprint density at radius 3 is 2.77 bits per heavy atom. The molecule has 0 fully saturated rings. The molecule has 1 spiro atoms. The van der Waals surface area contributed by atoms with Gasteiger partial charge in [-0.15, -0.1) is 0 Å². The van der Waals surface area contributed by atoms with Gasteiger partial charge in [0.05, 0.1) is 13.7 Å². The first-order chi connectivity index (χ1) is 12.4. The van der Waals surface area contributed by atoms with Gasteiger partial charge in [0, 0.05) is 24.5 Å². The number of carbonyl (C=O) groups excluding carboxylic acids is 2. The van der Waals surface area contributed by atoms with Gasteiger partial charge >= 0.3 is 0 Å². The zero-order valence-electron chi connectivity index (χ0n) is 14.0. The topological polar surface area (TPSA) is 91.3 Å². The maximum Gasteiger partial charge on any atom is 0.231 e. The quantitative estimate of drug-likeness (QED) is 0.630. The largest absolute Gasteiger partial charge is 0.496 e. The second-order valence-electron chi connectivity index (χ2n) is 5.99. The Balaban J connectivity index is 2.18. The van der Waals surface area contributed by atoms with Crippen LogP contribution in [0.3, 0.4) is 0 Å². The molecule has 0 amide bonds. The number of benzene rings is 1. The summed E-state index contributed by atoms with van der Waals surface area (Å²) in [5, 5.41) is 9.06. The number of aliphatic hydroxyl groups excluding tert-OH is 1. The van der Waals surface area contributed by atoms with Crippen LogP contribution >= 0.6 is 34.6 Å². The summed E-state index contributed by atoms with van der Waals surface area (Å²) in [6.45, 7) is 1.56. The number of rotatable bonds is 5. The number of ketones is 2. The van der Waals surface area contributed by atoms with Gasteiger partial charge in [-0.3, -0.25) is 9.59 Å². The number of allylic oxidation sites excluding steroid dienone is 1. The Morgan fingerprint density at radius 2 is 2.15 bits per heavy atom. The van der Waals surface area contributed by atoms with Crippen molar-refractivity contribution in [1.82, 2.24) is 0 Å². The first-order valence-electron chi connectivity index (χ1n) is 7.82. The molecule has 1 N–H and O–H groups in total. The summed E-state index contributed by atoms with van der Waals surface area (Å²) in [6.07, 6.45) is 1.42. The molecular formula is C17H16ClIO7. The number of hydrogen-bond acceptors (Lipinski definition) is 7. The van der Waals surface area contributed by atoms with Gasteiger partial charge in [-0.1, -0.05) is 18.5 Å². The van der Waals surface area contributed by atoms with Gasteiger partial charge in [0.1, 0.15) is 22.9 Å². The summed E-state index contributed by atoms with van der Waals surface area (Å²) < 4.78 is 22.1. The molecule has 2 atom stereocenters. The number of fused-ring (bicyclic) bond motifs is 1. The second-order valence-corrected chi connectivity index (χ2v) is 6.81. The summed E-state index contributed by atoms with van der Waals surface area (Å²) in [5.41, 5.74) is -1.31. The summed E-state index contributed by atoms with van der Waals surface area (Å²) in [7, 11) is 1.38. The van der Waals surface area contributed by atoms with Gasteiger partial charge in [-0.2, -0.15) is 0 Å². The van der Waals surface area contributed by atoms with Crippen molar-refractivity contribution in [1.29, 1.82) is 0 Å². The van der Waals surface area contributed by atoms with E-state index in [1.807, 2.05) is 0 Å². The molecule has 140 valence electrons. The Kier molecular flexibility index (Phi) is 5.36. The molecule has 0 saturated carbocycles. The van der Waals surface area contributed by atoms with E-state index in [9.17, 15) is 9.59 Å². The van der Waals surface area contributed by atoms with E-state index < -0.39 is 11.5 Å². The maximum atomic E-state index is 13.3. The molecular weight excluding hydrogens is 479 g/mol. The fourth-order valence-electron chi connectivity index (χ4n) is 3.31. The van der Waals surface area contributed by atoms with Crippen molar-refractivity contribution in [2.75, 3.05) is 20.3 Å². The van der Waals surface area contributed by atoms with Crippen LogP contribution in [-0.2, 0) is 9.53 Å². The van der Waals surface area contributed by atoms with Crippen LogP contribution in [0.15, 0.2) is 17.9 Å². The lowest BCUT2D eigenvalue weighted by atomic mass is 9.75. The zero-order chi connectivity index (χ0) is 19.1. The van der Waals surface area contributed by atoms with Crippen molar-refractivity contribution in [2.24, 2.45) is 5.92 Å². The predicted molar refractivity (Wildman–Crippen MR) is 100 cm³/mol. The molecule has 2 aliphatic rings. The number of hydrogen-bond donors (Lipinski definition) is 1. The smallest absolute Gasteiger partial charge is 0.231 e. The number of halogens is 2. The Hall–Kier alpha value is -1.52. The SMILES string of the molecule is COC1=CC(=O)C[C@@H](C)[C@]12Oc1c(Cl)c(OCCO)cc(OI)c1C2=O. The van der Waals surface area contributed by atoms with Crippen LogP contribution in [0.2, 0.25) is 5.02 Å². The lowest BCUT2D eigenvalue weighted by Gasteiger charge is -2.36. The van der Waals surface area contributed by atoms with E-state index in [-0.39, 0.29) is 64.8 Å². The third-order valence-corrected chi connectivity index (χ3v) is 5.32. The first kappa shape index (κ1) is 19.2. The average Bonchev–Trinajstić information content (AvgIpc) is 2.93. The van der Waals surface area contributed by atoms with Crippen LogP contribution in [0.5, 0.6) is 17.2 Å². The van der Waals surface area contributed by atoms with Crippen molar-refractivity contribution in [3.05, 3.63) is 28.5 Å². The summed E-state index contributed by atoms with van der Waals surface area (Å²) in [4.78, 5) is 25.2. The predicted octanol–water partition coefficient (Wildman–Crippen LogP) is 2.89. The molecule has 1 heterocycles. The first-order valence-corrected chi connectivity index (χ1v) is 9.08. The van der Waals surface area contributed by atoms with Gasteiger partial charge < -0.3 is 22.4 Å². The third kappa shape index (κ3) is 2.74. The second kappa shape index (κ2) is 7.24. The molecule has 1 aliphatic carbocycles. The molecule has 1 aliphatic heterocycles. The highest BCUT2D eigenvalue weighted by molar-refractivity contribution is 14.1. The van der Waals surface area contributed by atoms with Gasteiger partial charge in [-0.05, 0) is 0 Å². The van der Waals surface area contributed by atoms with Gasteiger partial charge in [0.2, 0.25) is 11.4 Å². The molecule has 0 bridgehead atoms. The lowest BCUT2D eigenvalue weighted by Crippen LogP contribution is -2.51. The molecule has 26 heavy (non-hydrogen) atoms. The molecule has 0 unspecified atom stereocenters. The maximum absolute atomic E-state index is 13.3. The summed E-state index contributed by atoms with van der Waals surface area (Å²) >= 11 is 8.03. The molecule has 1 aromatic carbocycles. The molecule has 0 saturated heterocycles. The van der Waals surface area contributed by atoms with E-state index in [1.54, 1.807) is 29.9 Å². The van der Waals surface area contributed by atoms with Gasteiger partial charge in [-0.25, -0.2) is 0 Å². The number of aliphatic hydroxyl groups is 1. The van der Waals surface area contributed by atoms with E-state index in [0.29, 0.717) is 0 Å². The Bertz CT molecular complexity index is 807. The zero-order valence-corrected chi connectivity index (χ0v) is 16.9. The number of ether oxygens (including phenoxy) is 3. The minimum absolute atomic E-state index is 0.0202. The highest BCUT2D eigenvalue weighted by Gasteiger charge is 2.60. The molecule has 0 aromatic heterocycles. The van der Waals surface area contributed by atoms with Crippen LogP contribution < -0.4 is 12.5 Å². The number of methoxy groups -OCH3 is 1. The van der Waals surface area contributed by atoms with Crippen LogP contribution in [0.25, 0.3) is 0 Å². The van der Waals surface area contributed by atoms with Crippen molar-refractivity contribution in [3.8, 4) is 17.2 Å². The van der Waals surface area contributed by atoms with Crippen molar-refractivity contribution >= 4 is 46.2 Å². The normalized spacial score (nSPS) is 24.2. The third-order valence-electron chi connectivity index (χ3n) is 4.49. The highest BCUT2D eigenvalue weighted by atomic mass is 127. The van der Waals surface area contributed by atoms with Crippen LogP contribution in [0.1, 0.15) is 23.7 Å². The standard InChI is InChI=1S/C17H16ClIO7/c1-8-5-9(21)6-12(23-2)17(8)16(22)13-10(26-19)7-11(24-4-3-20)14(18)15(13)25-17/h6-8,20H,3-5H2,1-2H3/t8-,17+/m1/s1. The van der Waals surface area contributed by atoms with E-state index in [2.05, 4.69) is 0 Å². The number of Topliss-reactive ketones (excluding diaryl/α,β-unsaturated/α-hetero) is 1. The highest BCUT2D eigenvalue weighted by Crippen LogP contribution is 2.54. The van der Waals surface area contributed by atoms with E-state index in [4.69, 9.17) is 34.0 Å². The Morgan fingerprint density at radius 1 is 1.42 bits per heavy atom. The molecule has 9 heteroatoms. The van der Waals surface area contributed by atoms with E-state index >= 15 is 0 Å². The number of carbonyl (C=O) groups is 2. The van der Waals surface area contributed by atoms with Gasteiger partial charge in [0.15, 0.2) is 46.0 Å². The van der Waals surface area contributed by atoms with Crippen molar-refractivity contribution in [2.45, 2.75) is 18.9 Å².